The molecule has 0 bridgehead atoms. The lowest BCUT2D eigenvalue weighted by Gasteiger charge is -2.20. The molecule has 1 saturated heterocycles. The summed E-state index contributed by atoms with van der Waals surface area (Å²) in [6.45, 7) is 5.15. The summed E-state index contributed by atoms with van der Waals surface area (Å²) in [6, 6.07) is 8.96. The largest absolute Gasteiger partial charge is 0.369 e. The van der Waals surface area contributed by atoms with E-state index in [-0.39, 0.29) is 24.0 Å². The van der Waals surface area contributed by atoms with Crippen LogP contribution < -0.4 is 20.3 Å². The van der Waals surface area contributed by atoms with Crippen LogP contribution in [-0.4, -0.2) is 59.9 Å². The average molecular weight is 495 g/mol. The summed E-state index contributed by atoms with van der Waals surface area (Å²) in [4.78, 5) is 6.62. The molecule has 9 heteroatoms. The smallest absolute Gasteiger partial charge is 0.208 e. The van der Waals surface area contributed by atoms with Crippen molar-refractivity contribution in [3.63, 3.8) is 0 Å². The Kier molecular flexibility index (Phi) is 9.66. The van der Waals surface area contributed by atoms with E-state index in [2.05, 4.69) is 56.4 Å². The summed E-state index contributed by atoms with van der Waals surface area (Å²) >= 11 is 0. The monoisotopic (exact) mass is 495 g/mol. The number of sulfonamides is 1. The molecule has 0 saturated carbocycles. The maximum Gasteiger partial charge on any atom is 0.208 e. The van der Waals surface area contributed by atoms with Gasteiger partial charge < -0.3 is 15.5 Å². The first-order valence-corrected chi connectivity index (χ1v) is 10.5. The van der Waals surface area contributed by atoms with Gasteiger partial charge in [0.15, 0.2) is 5.96 Å². The van der Waals surface area contributed by atoms with Gasteiger partial charge >= 0.3 is 0 Å². The lowest BCUT2D eigenvalue weighted by molar-refractivity contribution is 0.583. The Morgan fingerprint density at radius 2 is 1.96 bits per heavy atom. The Hall–Kier alpha value is -1.07. The topological polar surface area (TPSA) is 85.8 Å². The molecule has 1 aliphatic rings. The Balaban J connectivity index is 0.00000338. The zero-order chi connectivity index (χ0) is 18.3. The van der Waals surface area contributed by atoms with E-state index in [1.807, 2.05) is 0 Å². The van der Waals surface area contributed by atoms with Gasteiger partial charge in [0.25, 0.3) is 0 Å². The second-order valence-corrected chi connectivity index (χ2v) is 8.26. The standard InChI is InChI=1S/C17H29N5O2S.HI/c1-14-5-7-16(8-6-14)22-12-9-15(13-22)21-17(18-2)19-10-4-11-20-25(3,23)24;/h5-8,15,20H,4,9-13H2,1-3H3,(H2,18,19,21);1H. The van der Waals surface area contributed by atoms with Gasteiger partial charge in [-0.2, -0.15) is 0 Å². The highest BCUT2D eigenvalue weighted by atomic mass is 127. The number of halogens is 1. The minimum atomic E-state index is -3.11. The van der Waals surface area contributed by atoms with Gasteiger partial charge in [-0.1, -0.05) is 17.7 Å². The van der Waals surface area contributed by atoms with E-state index in [1.54, 1.807) is 7.05 Å². The number of nitrogens with one attached hydrogen (secondary N) is 3. The van der Waals surface area contributed by atoms with Crippen LogP contribution in [0.25, 0.3) is 0 Å². The van der Waals surface area contributed by atoms with Gasteiger partial charge in [0.05, 0.1) is 6.26 Å². The summed E-state index contributed by atoms with van der Waals surface area (Å²) in [5.74, 6) is 0.759. The number of benzene rings is 1. The number of aryl methyl sites for hydroxylation is 1. The predicted octanol–water partition coefficient (Wildman–Crippen LogP) is 1.30. The second-order valence-electron chi connectivity index (χ2n) is 6.43. The molecule has 1 heterocycles. The van der Waals surface area contributed by atoms with Crippen molar-refractivity contribution in [2.75, 3.05) is 44.4 Å². The molecular weight excluding hydrogens is 465 g/mol. The van der Waals surface area contributed by atoms with E-state index in [0.29, 0.717) is 25.6 Å². The van der Waals surface area contributed by atoms with Gasteiger partial charge in [-0.25, -0.2) is 13.1 Å². The van der Waals surface area contributed by atoms with Gasteiger partial charge in [-0.05, 0) is 31.9 Å². The first kappa shape index (κ1) is 23.0. The van der Waals surface area contributed by atoms with Crippen molar-refractivity contribution in [1.82, 2.24) is 15.4 Å². The van der Waals surface area contributed by atoms with Crippen LogP contribution in [-0.2, 0) is 10.0 Å². The summed E-state index contributed by atoms with van der Waals surface area (Å²) < 4.78 is 24.5. The highest BCUT2D eigenvalue weighted by Gasteiger charge is 2.23. The third-order valence-electron chi connectivity index (χ3n) is 4.16. The zero-order valence-electron chi connectivity index (χ0n) is 15.7. The molecule has 1 unspecified atom stereocenters. The van der Waals surface area contributed by atoms with E-state index in [9.17, 15) is 8.42 Å². The molecule has 1 aliphatic heterocycles. The van der Waals surface area contributed by atoms with Crippen LogP contribution in [0.2, 0.25) is 0 Å². The lowest BCUT2D eigenvalue weighted by atomic mass is 10.2. The highest BCUT2D eigenvalue weighted by molar-refractivity contribution is 14.0. The van der Waals surface area contributed by atoms with Crippen LogP contribution in [0.5, 0.6) is 0 Å². The Morgan fingerprint density at radius 1 is 1.27 bits per heavy atom. The molecule has 0 aromatic heterocycles. The molecule has 148 valence electrons. The van der Waals surface area contributed by atoms with Crippen LogP contribution in [0.3, 0.4) is 0 Å². The Labute approximate surface area is 174 Å². The molecule has 7 nitrogen and oxygen atoms in total. The van der Waals surface area contributed by atoms with Crippen molar-refractivity contribution in [1.29, 1.82) is 0 Å². The number of guanidine groups is 1. The zero-order valence-corrected chi connectivity index (χ0v) is 18.8. The molecular formula is C17H30IN5O2S. The van der Waals surface area contributed by atoms with E-state index < -0.39 is 10.0 Å². The number of rotatable bonds is 7. The molecule has 0 spiro atoms. The van der Waals surface area contributed by atoms with Crippen molar-refractivity contribution in [3.05, 3.63) is 29.8 Å². The van der Waals surface area contributed by atoms with Crippen molar-refractivity contribution in [3.8, 4) is 0 Å². The van der Waals surface area contributed by atoms with Crippen molar-refractivity contribution in [2.45, 2.75) is 25.8 Å². The molecule has 1 fully saturated rings. The fourth-order valence-electron chi connectivity index (χ4n) is 2.81. The molecule has 1 atom stereocenters. The minimum Gasteiger partial charge on any atom is -0.369 e. The first-order valence-electron chi connectivity index (χ1n) is 8.61. The van der Waals surface area contributed by atoms with Crippen molar-refractivity contribution < 1.29 is 8.42 Å². The van der Waals surface area contributed by atoms with Gasteiger partial charge in [0.2, 0.25) is 10.0 Å². The van der Waals surface area contributed by atoms with Gasteiger partial charge in [0, 0.05) is 45.0 Å². The molecule has 2 rings (SSSR count). The molecule has 1 aromatic rings. The van der Waals surface area contributed by atoms with Gasteiger partial charge in [-0.15, -0.1) is 24.0 Å². The fraction of sp³-hybridized carbons (Fsp3) is 0.588. The van der Waals surface area contributed by atoms with E-state index >= 15 is 0 Å². The van der Waals surface area contributed by atoms with Crippen LogP contribution in [0, 0.1) is 6.92 Å². The molecule has 26 heavy (non-hydrogen) atoms. The lowest BCUT2D eigenvalue weighted by Crippen LogP contribution is -2.45. The minimum absolute atomic E-state index is 0. The molecule has 3 N–H and O–H groups in total. The van der Waals surface area contributed by atoms with Crippen LogP contribution >= 0.6 is 24.0 Å². The Morgan fingerprint density at radius 3 is 2.58 bits per heavy atom. The number of nitrogens with zero attached hydrogens (tertiary/aromatic N) is 2. The second kappa shape index (κ2) is 10.9. The molecule has 0 aliphatic carbocycles. The third kappa shape index (κ3) is 8.09. The number of hydrogen-bond donors (Lipinski definition) is 3. The summed E-state index contributed by atoms with van der Waals surface area (Å²) in [5, 5.41) is 6.67. The number of aliphatic imine (C=N–C) groups is 1. The SMILES string of the molecule is CN=C(NCCCNS(C)(=O)=O)NC1CCN(c2ccc(C)cc2)C1.I. The van der Waals surface area contributed by atoms with Crippen LogP contribution in [0.1, 0.15) is 18.4 Å². The predicted molar refractivity (Wildman–Crippen MR) is 119 cm³/mol. The summed E-state index contributed by atoms with van der Waals surface area (Å²) in [7, 11) is -1.37. The Bertz CT molecular complexity index is 679. The molecule has 1 aromatic carbocycles. The highest BCUT2D eigenvalue weighted by Crippen LogP contribution is 2.20. The quantitative estimate of drug-likeness (QED) is 0.230. The van der Waals surface area contributed by atoms with Crippen LogP contribution in [0.4, 0.5) is 5.69 Å². The summed E-state index contributed by atoms with van der Waals surface area (Å²) in [5.41, 5.74) is 2.53. The first-order chi connectivity index (χ1) is 11.9. The van der Waals surface area contributed by atoms with Gasteiger partial charge in [-0.3, -0.25) is 4.99 Å². The molecule has 0 radical (unpaired) electrons. The molecule has 0 amide bonds. The van der Waals surface area contributed by atoms with E-state index in [1.165, 1.54) is 17.5 Å². The van der Waals surface area contributed by atoms with E-state index in [0.717, 1.165) is 25.5 Å². The number of anilines is 1. The van der Waals surface area contributed by atoms with Gasteiger partial charge in [0.1, 0.15) is 0 Å². The van der Waals surface area contributed by atoms with Crippen LogP contribution in [0.15, 0.2) is 29.3 Å². The van der Waals surface area contributed by atoms with Crippen molar-refractivity contribution in [2.24, 2.45) is 4.99 Å². The van der Waals surface area contributed by atoms with Crippen molar-refractivity contribution >= 4 is 45.6 Å². The van der Waals surface area contributed by atoms with E-state index in [4.69, 9.17) is 0 Å². The normalized spacial score (nSPS) is 17.7. The fourth-order valence-corrected chi connectivity index (χ4v) is 3.32. The maximum atomic E-state index is 11.0. The third-order valence-corrected chi connectivity index (χ3v) is 4.89. The number of hydrogen-bond acceptors (Lipinski definition) is 4. The average Bonchev–Trinajstić information content (AvgIpc) is 3.01. The summed E-state index contributed by atoms with van der Waals surface area (Å²) in [6.07, 6.45) is 2.93. The maximum absolute atomic E-state index is 11.0.